The van der Waals surface area contributed by atoms with E-state index in [1.54, 1.807) is 13.2 Å². The fourth-order valence-corrected chi connectivity index (χ4v) is 2.59. The molecule has 1 aromatic heterocycles. The van der Waals surface area contributed by atoms with Crippen molar-refractivity contribution in [1.82, 2.24) is 9.88 Å². The van der Waals surface area contributed by atoms with Crippen molar-refractivity contribution >= 4 is 22.9 Å². The Labute approximate surface area is 114 Å². The number of hydrogen-bond donors (Lipinski definition) is 1. The molecule has 100 valence electrons. The summed E-state index contributed by atoms with van der Waals surface area (Å²) in [5, 5.41) is 0.950. The Bertz CT molecular complexity index is 591. The minimum absolute atomic E-state index is 0.241. The zero-order chi connectivity index (χ0) is 14.0. The number of carbonyl (C=O) groups is 1. The van der Waals surface area contributed by atoms with Crippen molar-refractivity contribution in [3.05, 3.63) is 45.7 Å². The van der Waals surface area contributed by atoms with Crippen molar-refractivity contribution < 1.29 is 9.18 Å². The Balaban J connectivity index is 2.14. The normalized spacial score (nSPS) is 10.5. The third-order valence-electron chi connectivity index (χ3n) is 2.58. The quantitative estimate of drug-likeness (QED) is 0.878. The van der Waals surface area contributed by atoms with Gasteiger partial charge in [0.25, 0.3) is 5.91 Å². The number of amides is 1. The second-order valence-electron chi connectivity index (χ2n) is 4.28. The van der Waals surface area contributed by atoms with Gasteiger partial charge in [-0.3, -0.25) is 4.79 Å². The van der Waals surface area contributed by atoms with Gasteiger partial charge in [-0.1, -0.05) is 0 Å². The molecule has 2 aromatic rings. The molecule has 0 fully saturated rings. The van der Waals surface area contributed by atoms with E-state index in [1.807, 2.05) is 6.92 Å². The maximum absolute atomic E-state index is 13.2. The van der Waals surface area contributed by atoms with E-state index in [-0.39, 0.29) is 17.2 Å². The van der Waals surface area contributed by atoms with Crippen molar-refractivity contribution in [1.29, 1.82) is 0 Å². The molecule has 0 radical (unpaired) electrons. The van der Waals surface area contributed by atoms with Gasteiger partial charge in [-0.15, -0.1) is 11.3 Å². The first-order valence-corrected chi connectivity index (χ1v) is 6.50. The Morgan fingerprint density at radius 2 is 2.21 bits per heavy atom. The molecule has 2 N–H and O–H groups in total. The summed E-state index contributed by atoms with van der Waals surface area (Å²) in [5.41, 5.74) is 6.03. The summed E-state index contributed by atoms with van der Waals surface area (Å²) in [6.07, 6.45) is 1.74. The molecular formula is C13H14FN3OS. The van der Waals surface area contributed by atoms with Gasteiger partial charge < -0.3 is 10.6 Å². The first kappa shape index (κ1) is 13.5. The highest BCUT2D eigenvalue weighted by molar-refractivity contribution is 7.11. The van der Waals surface area contributed by atoms with Crippen LogP contribution >= 0.6 is 11.3 Å². The summed E-state index contributed by atoms with van der Waals surface area (Å²) in [4.78, 5) is 18.8. The molecule has 0 aliphatic heterocycles. The van der Waals surface area contributed by atoms with Crippen LogP contribution in [0.3, 0.4) is 0 Å². The maximum atomic E-state index is 13.2. The summed E-state index contributed by atoms with van der Waals surface area (Å²) in [6, 6.07) is 3.84. The van der Waals surface area contributed by atoms with Crippen molar-refractivity contribution in [3.63, 3.8) is 0 Å². The van der Waals surface area contributed by atoms with Crippen LogP contribution < -0.4 is 5.73 Å². The highest BCUT2D eigenvalue weighted by atomic mass is 32.1. The molecule has 6 heteroatoms. The smallest absolute Gasteiger partial charge is 0.254 e. The lowest BCUT2D eigenvalue weighted by molar-refractivity contribution is 0.0786. The van der Waals surface area contributed by atoms with Crippen LogP contribution in [-0.4, -0.2) is 22.8 Å². The number of nitrogens with zero attached hydrogens (tertiary/aromatic N) is 2. The molecular weight excluding hydrogens is 265 g/mol. The molecule has 0 spiro atoms. The summed E-state index contributed by atoms with van der Waals surface area (Å²) < 4.78 is 13.2. The van der Waals surface area contributed by atoms with E-state index < -0.39 is 5.82 Å². The molecule has 1 amide bonds. The minimum Gasteiger partial charge on any atom is -0.399 e. The molecule has 0 bridgehead atoms. The van der Waals surface area contributed by atoms with E-state index in [9.17, 15) is 9.18 Å². The first-order chi connectivity index (χ1) is 8.95. The number of nitrogen functional groups attached to an aromatic ring is 1. The molecule has 0 unspecified atom stereocenters. The monoisotopic (exact) mass is 279 g/mol. The van der Waals surface area contributed by atoms with E-state index in [4.69, 9.17) is 5.73 Å². The van der Waals surface area contributed by atoms with E-state index in [1.165, 1.54) is 34.4 Å². The van der Waals surface area contributed by atoms with Crippen LogP contribution in [0.15, 0.2) is 24.4 Å². The first-order valence-electron chi connectivity index (χ1n) is 5.68. The topological polar surface area (TPSA) is 59.2 Å². The molecule has 1 heterocycles. The fraction of sp³-hybridized carbons (Fsp3) is 0.231. The van der Waals surface area contributed by atoms with Gasteiger partial charge in [0.1, 0.15) is 5.82 Å². The summed E-state index contributed by atoms with van der Waals surface area (Å²) in [7, 11) is 1.67. The van der Waals surface area contributed by atoms with Gasteiger partial charge in [0.2, 0.25) is 0 Å². The van der Waals surface area contributed by atoms with E-state index in [0.29, 0.717) is 6.54 Å². The number of halogens is 1. The highest BCUT2D eigenvalue weighted by Crippen LogP contribution is 2.16. The van der Waals surface area contributed by atoms with Gasteiger partial charge in [0.05, 0.1) is 11.6 Å². The zero-order valence-corrected chi connectivity index (χ0v) is 11.5. The summed E-state index contributed by atoms with van der Waals surface area (Å²) >= 11 is 1.53. The third-order valence-corrected chi connectivity index (χ3v) is 3.47. The van der Waals surface area contributed by atoms with Gasteiger partial charge in [-0.2, -0.15) is 0 Å². The maximum Gasteiger partial charge on any atom is 0.254 e. The van der Waals surface area contributed by atoms with Gasteiger partial charge in [-0.05, 0) is 25.1 Å². The lowest BCUT2D eigenvalue weighted by atomic mass is 10.1. The molecule has 2 rings (SSSR count). The second kappa shape index (κ2) is 5.36. The number of aryl methyl sites for hydroxylation is 1. The van der Waals surface area contributed by atoms with Crippen LogP contribution in [0.2, 0.25) is 0 Å². The lowest BCUT2D eigenvalue weighted by Crippen LogP contribution is -2.26. The molecule has 0 aliphatic carbocycles. The molecule has 1 aromatic carbocycles. The number of anilines is 1. The SMILES string of the molecule is Cc1ncc(CN(C)C(=O)c2cc(N)cc(F)c2)s1. The Hall–Kier alpha value is -1.95. The van der Waals surface area contributed by atoms with Gasteiger partial charge in [0, 0.05) is 29.4 Å². The number of benzene rings is 1. The molecule has 19 heavy (non-hydrogen) atoms. The predicted molar refractivity (Wildman–Crippen MR) is 73.5 cm³/mol. The average Bonchev–Trinajstić information content (AvgIpc) is 2.72. The van der Waals surface area contributed by atoms with Crippen molar-refractivity contribution in [2.75, 3.05) is 12.8 Å². The molecule has 0 saturated heterocycles. The molecule has 0 atom stereocenters. The standard InChI is InChI=1S/C13H14FN3OS/c1-8-16-6-12(19-8)7-17(2)13(18)9-3-10(14)5-11(15)4-9/h3-6H,7,15H2,1-2H3. The fourth-order valence-electron chi connectivity index (χ4n) is 1.74. The number of rotatable bonds is 3. The number of thiazole rings is 1. The number of hydrogen-bond acceptors (Lipinski definition) is 4. The number of aromatic nitrogens is 1. The largest absolute Gasteiger partial charge is 0.399 e. The third kappa shape index (κ3) is 3.29. The van der Waals surface area contributed by atoms with Crippen molar-refractivity contribution in [2.24, 2.45) is 0 Å². The Morgan fingerprint density at radius 3 is 2.79 bits per heavy atom. The minimum atomic E-state index is -0.509. The lowest BCUT2D eigenvalue weighted by Gasteiger charge is -2.16. The summed E-state index contributed by atoms with van der Waals surface area (Å²) in [5.74, 6) is -0.775. The predicted octanol–water partition coefficient (Wildman–Crippen LogP) is 2.45. The summed E-state index contributed by atoms with van der Waals surface area (Å²) in [6.45, 7) is 2.35. The average molecular weight is 279 g/mol. The number of carbonyl (C=O) groups excluding carboxylic acids is 1. The van der Waals surface area contributed by atoms with Crippen LogP contribution in [0.1, 0.15) is 20.2 Å². The molecule has 0 saturated carbocycles. The van der Waals surface area contributed by atoms with Crippen LogP contribution in [0.25, 0.3) is 0 Å². The second-order valence-corrected chi connectivity index (χ2v) is 5.60. The van der Waals surface area contributed by atoms with Crippen molar-refractivity contribution in [3.8, 4) is 0 Å². The van der Waals surface area contributed by atoms with Crippen LogP contribution in [-0.2, 0) is 6.54 Å². The Morgan fingerprint density at radius 1 is 1.47 bits per heavy atom. The van der Waals surface area contributed by atoms with Crippen molar-refractivity contribution in [2.45, 2.75) is 13.5 Å². The van der Waals surface area contributed by atoms with Gasteiger partial charge >= 0.3 is 0 Å². The van der Waals surface area contributed by atoms with E-state index in [0.717, 1.165) is 9.88 Å². The van der Waals surface area contributed by atoms with Crippen LogP contribution in [0.4, 0.5) is 10.1 Å². The highest BCUT2D eigenvalue weighted by Gasteiger charge is 2.14. The molecule has 4 nitrogen and oxygen atoms in total. The van der Waals surface area contributed by atoms with E-state index in [2.05, 4.69) is 4.98 Å². The number of nitrogens with two attached hydrogens (primary N) is 1. The van der Waals surface area contributed by atoms with E-state index >= 15 is 0 Å². The molecule has 0 aliphatic rings. The zero-order valence-electron chi connectivity index (χ0n) is 10.7. The van der Waals surface area contributed by atoms with Crippen LogP contribution in [0.5, 0.6) is 0 Å². The van der Waals surface area contributed by atoms with Crippen LogP contribution in [0, 0.1) is 12.7 Å². The van der Waals surface area contributed by atoms with Gasteiger partial charge in [-0.25, -0.2) is 9.37 Å². The van der Waals surface area contributed by atoms with Gasteiger partial charge in [0.15, 0.2) is 0 Å². The Kier molecular flexibility index (Phi) is 3.80.